The molecule has 0 unspecified atom stereocenters. The van der Waals surface area contributed by atoms with E-state index >= 15 is 0 Å². The summed E-state index contributed by atoms with van der Waals surface area (Å²) < 4.78 is 11.7. The highest BCUT2D eigenvalue weighted by molar-refractivity contribution is 5.63. The molecule has 1 saturated heterocycles. The summed E-state index contributed by atoms with van der Waals surface area (Å²) in [5.41, 5.74) is 3.33. The van der Waals surface area contributed by atoms with Crippen molar-refractivity contribution in [3.05, 3.63) is 65.8 Å². The van der Waals surface area contributed by atoms with Crippen molar-refractivity contribution in [3.63, 3.8) is 0 Å². The number of piperidine rings is 1. The van der Waals surface area contributed by atoms with Crippen molar-refractivity contribution >= 4 is 0 Å². The first-order valence-corrected chi connectivity index (χ1v) is 10.1. The van der Waals surface area contributed by atoms with Crippen LogP contribution < -0.4 is 4.74 Å². The van der Waals surface area contributed by atoms with Gasteiger partial charge in [-0.25, -0.2) is 4.98 Å². The molecule has 5 nitrogen and oxygen atoms in total. The second kappa shape index (κ2) is 8.57. The Bertz CT molecular complexity index is 899. The number of nitrogens with zero attached hydrogens (tertiary/aromatic N) is 3. The van der Waals surface area contributed by atoms with Gasteiger partial charge in [0.2, 0.25) is 5.89 Å². The minimum Gasteiger partial charge on any atom is -0.493 e. The van der Waals surface area contributed by atoms with Crippen molar-refractivity contribution in [2.45, 2.75) is 39.2 Å². The Morgan fingerprint density at radius 1 is 1.11 bits per heavy atom. The van der Waals surface area contributed by atoms with Gasteiger partial charge in [0.05, 0.1) is 17.9 Å². The summed E-state index contributed by atoms with van der Waals surface area (Å²) in [5, 5.41) is 0. The molecule has 0 radical (unpaired) electrons. The van der Waals surface area contributed by atoms with Crippen molar-refractivity contribution in [1.82, 2.24) is 14.9 Å². The van der Waals surface area contributed by atoms with Gasteiger partial charge in [0.25, 0.3) is 0 Å². The molecule has 1 fully saturated rings. The Kier molecular flexibility index (Phi) is 5.72. The number of hydrogen-bond acceptors (Lipinski definition) is 5. The van der Waals surface area contributed by atoms with E-state index in [1.165, 1.54) is 18.4 Å². The van der Waals surface area contributed by atoms with Gasteiger partial charge >= 0.3 is 0 Å². The topological polar surface area (TPSA) is 51.4 Å². The molecule has 0 bridgehead atoms. The van der Waals surface area contributed by atoms with Crippen molar-refractivity contribution < 1.29 is 9.15 Å². The molecule has 2 aromatic heterocycles. The Hall–Kier alpha value is -2.66. The largest absolute Gasteiger partial charge is 0.493 e. The summed E-state index contributed by atoms with van der Waals surface area (Å²) in [7, 11) is 0. The highest BCUT2D eigenvalue weighted by Gasteiger charge is 2.23. The second-order valence-corrected chi connectivity index (χ2v) is 7.28. The molecule has 1 aliphatic rings. The highest BCUT2D eigenvalue weighted by atomic mass is 16.5. The standard InChI is InChI=1S/C23H27N3O2/c1-3-27-22-7-5-4-6-20(22)23-25-21(17(2)28-23)16-26-14-10-19(11-15-26)18-8-12-24-13-9-18/h4-9,12-13,19H,3,10-11,14-16H2,1-2H3. The van der Waals surface area contributed by atoms with Gasteiger partial charge in [0, 0.05) is 18.9 Å². The van der Waals surface area contributed by atoms with Gasteiger partial charge in [-0.2, -0.15) is 0 Å². The number of aryl methyl sites for hydroxylation is 1. The lowest BCUT2D eigenvalue weighted by molar-refractivity contribution is 0.202. The average Bonchev–Trinajstić information content (AvgIpc) is 3.10. The van der Waals surface area contributed by atoms with Crippen LogP contribution in [0.1, 0.15) is 42.7 Å². The van der Waals surface area contributed by atoms with Crippen LogP contribution in [0.2, 0.25) is 0 Å². The fourth-order valence-electron chi connectivity index (χ4n) is 3.89. The maximum Gasteiger partial charge on any atom is 0.230 e. The highest BCUT2D eigenvalue weighted by Crippen LogP contribution is 2.32. The lowest BCUT2D eigenvalue weighted by Gasteiger charge is -2.31. The van der Waals surface area contributed by atoms with Crippen LogP contribution in [-0.2, 0) is 6.54 Å². The average molecular weight is 377 g/mol. The molecule has 0 atom stereocenters. The fourth-order valence-corrected chi connectivity index (χ4v) is 3.89. The van der Waals surface area contributed by atoms with E-state index < -0.39 is 0 Å². The van der Waals surface area contributed by atoms with E-state index in [2.05, 4.69) is 22.0 Å². The van der Waals surface area contributed by atoms with E-state index in [1.54, 1.807) is 0 Å². The zero-order valence-corrected chi connectivity index (χ0v) is 16.6. The van der Waals surface area contributed by atoms with E-state index in [0.29, 0.717) is 18.4 Å². The van der Waals surface area contributed by atoms with E-state index in [1.807, 2.05) is 50.5 Å². The van der Waals surface area contributed by atoms with Gasteiger partial charge in [0.1, 0.15) is 11.5 Å². The fraction of sp³-hybridized carbons (Fsp3) is 0.391. The maximum absolute atomic E-state index is 5.99. The molecule has 146 valence electrons. The second-order valence-electron chi connectivity index (χ2n) is 7.28. The molecule has 1 aliphatic heterocycles. The molecule has 0 spiro atoms. The number of hydrogen-bond donors (Lipinski definition) is 0. The van der Waals surface area contributed by atoms with Crippen LogP contribution in [0.5, 0.6) is 5.75 Å². The Balaban J connectivity index is 1.43. The lowest BCUT2D eigenvalue weighted by atomic mass is 9.90. The quantitative estimate of drug-likeness (QED) is 0.616. The monoisotopic (exact) mass is 377 g/mol. The minimum atomic E-state index is 0.621. The molecule has 28 heavy (non-hydrogen) atoms. The van der Waals surface area contributed by atoms with E-state index in [-0.39, 0.29) is 0 Å². The molecule has 3 heterocycles. The third kappa shape index (κ3) is 4.09. The smallest absolute Gasteiger partial charge is 0.230 e. The van der Waals surface area contributed by atoms with Crippen LogP contribution >= 0.6 is 0 Å². The van der Waals surface area contributed by atoms with Crippen molar-refractivity contribution in [2.24, 2.45) is 0 Å². The normalized spacial score (nSPS) is 15.6. The third-order valence-corrected chi connectivity index (χ3v) is 5.45. The first-order valence-electron chi connectivity index (χ1n) is 10.1. The Morgan fingerprint density at radius 2 is 1.86 bits per heavy atom. The summed E-state index contributed by atoms with van der Waals surface area (Å²) in [5.74, 6) is 2.98. The summed E-state index contributed by atoms with van der Waals surface area (Å²) in [6.07, 6.45) is 6.12. The number of para-hydroxylation sites is 1. The molecule has 0 saturated carbocycles. The van der Waals surface area contributed by atoms with Gasteiger partial charge in [-0.05, 0) is 75.5 Å². The molecule has 0 aliphatic carbocycles. The van der Waals surface area contributed by atoms with Crippen LogP contribution in [0.15, 0.2) is 53.2 Å². The van der Waals surface area contributed by atoms with Gasteiger partial charge in [-0.3, -0.25) is 9.88 Å². The summed E-state index contributed by atoms with van der Waals surface area (Å²) in [6, 6.07) is 12.2. The van der Waals surface area contributed by atoms with Crippen LogP contribution in [0, 0.1) is 6.92 Å². The van der Waals surface area contributed by atoms with Crippen LogP contribution in [0.4, 0.5) is 0 Å². The predicted octanol–water partition coefficient (Wildman–Crippen LogP) is 4.82. The molecule has 0 N–H and O–H groups in total. The summed E-state index contributed by atoms with van der Waals surface area (Å²) >= 11 is 0. The molecular formula is C23H27N3O2. The minimum absolute atomic E-state index is 0.621. The molecular weight excluding hydrogens is 350 g/mol. The summed E-state index contributed by atoms with van der Waals surface area (Å²) in [4.78, 5) is 11.4. The number of rotatable bonds is 6. The molecule has 1 aromatic carbocycles. The number of oxazole rings is 1. The number of aromatic nitrogens is 2. The third-order valence-electron chi connectivity index (χ3n) is 5.45. The first-order chi connectivity index (χ1) is 13.7. The van der Waals surface area contributed by atoms with Crippen molar-refractivity contribution in [2.75, 3.05) is 19.7 Å². The molecule has 5 heteroatoms. The predicted molar refractivity (Wildman–Crippen MR) is 109 cm³/mol. The number of pyridine rings is 1. The van der Waals surface area contributed by atoms with E-state index in [9.17, 15) is 0 Å². The SMILES string of the molecule is CCOc1ccccc1-c1nc(CN2CCC(c3ccncc3)CC2)c(C)o1. The molecule has 3 aromatic rings. The van der Waals surface area contributed by atoms with Gasteiger partial charge in [0.15, 0.2) is 0 Å². The Labute approximate surface area is 166 Å². The Morgan fingerprint density at radius 3 is 2.61 bits per heavy atom. The van der Waals surface area contributed by atoms with Gasteiger partial charge < -0.3 is 9.15 Å². The van der Waals surface area contributed by atoms with Crippen LogP contribution in [-0.4, -0.2) is 34.6 Å². The van der Waals surface area contributed by atoms with Crippen molar-refractivity contribution in [3.8, 4) is 17.2 Å². The van der Waals surface area contributed by atoms with Crippen LogP contribution in [0.3, 0.4) is 0 Å². The lowest BCUT2D eigenvalue weighted by Crippen LogP contribution is -2.32. The molecule has 4 rings (SSSR count). The molecule has 0 amide bonds. The number of likely N-dealkylation sites (tertiary alicyclic amines) is 1. The zero-order valence-electron chi connectivity index (χ0n) is 16.6. The van der Waals surface area contributed by atoms with Gasteiger partial charge in [-0.15, -0.1) is 0 Å². The van der Waals surface area contributed by atoms with Crippen LogP contribution in [0.25, 0.3) is 11.5 Å². The number of ether oxygens (including phenoxy) is 1. The van der Waals surface area contributed by atoms with E-state index in [0.717, 1.165) is 42.4 Å². The first kappa shape index (κ1) is 18.7. The zero-order chi connectivity index (χ0) is 19.3. The van der Waals surface area contributed by atoms with E-state index in [4.69, 9.17) is 14.1 Å². The number of benzene rings is 1. The van der Waals surface area contributed by atoms with Crippen molar-refractivity contribution in [1.29, 1.82) is 0 Å². The maximum atomic E-state index is 5.99. The summed E-state index contributed by atoms with van der Waals surface area (Å²) in [6.45, 7) is 7.58. The van der Waals surface area contributed by atoms with Gasteiger partial charge in [-0.1, -0.05) is 12.1 Å².